The molecule has 3 aromatic carbocycles. The average molecular weight is 756 g/mol. The number of nitrogens with zero attached hydrogens (tertiary/aromatic N) is 2. The molecule has 0 spiro atoms. The summed E-state index contributed by atoms with van der Waals surface area (Å²) < 4.78 is 16.3. The molecule has 0 saturated heterocycles. The van der Waals surface area contributed by atoms with Crippen molar-refractivity contribution in [3.05, 3.63) is 146 Å². The molecular weight excluding hydrogens is 722 g/mol. The Morgan fingerprint density at radius 1 is 0.875 bits per heavy atom. The Labute approximate surface area is 310 Å². The van der Waals surface area contributed by atoms with Crippen molar-refractivity contribution in [1.82, 2.24) is 4.57 Å². The molecule has 6 rings (SSSR count). The first-order chi connectivity index (χ1) is 23.2. The maximum atomic E-state index is 6.78. The number of alkyl halides is 1. The van der Waals surface area contributed by atoms with Crippen molar-refractivity contribution in [2.24, 2.45) is 5.92 Å². The molecule has 0 fully saturated rings. The van der Waals surface area contributed by atoms with Crippen molar-refractivity contribution >= 4 is 80.5 Å². The number of rotatable bonds is 10. The van der Waals surface area contributed by atoms with Gasteiger partial charge in [0, 0.05) is 37.9 Å². The van der Waals surface area contributed by atoms with E-state index in [2.05, 4.69) is 71.7 Å². The molecule has 2 aliphatic rings. The van der Waals surface area contributed by atoms with Crippen molar-refractivity contribution < 1.29 is 14.0 Å². The molecule has 2 unspecified atom stereocenters. The number of thioether (sulfide) groups is 1. The third-order valence-electron chi connectivity index (χ3n) is 8.10. The molecule has 2 atom stereocenters. The zero-order valence-corrected chi connectivity index (χ0v) is 31.2. The molecule has 1 aromatic heterocycles. The number of para-hydroxylation sites is 2. The van der Waals surface area contributed by atoms with Crippen LogP contribution in [0.5, 0.6) is 11.5 Å². The Balaban J connectivity index is 1.43. The van der Waals surface area contributed by atoms with Crippen LogP contribution in [-0.4, -0.2) is 40.3 Å². The molecule has 246 valence electrons. The normalized spacial score (nSPS) is 18.6. The summed E-state index contributed by atoms with van der Waals surface area (Å²) >= 11 is 29.4. The number of methoxy groups -OCH3 is 1. The van der Waals surface area contributed by atoms with E-state index in [0.717, 1.165) is 47.4 Å². The zero-order chi connectivity index (χ0) is 33.8. The molecule has 48 heavy (non-hydrogen) atoms. The van der Waals surface area contributed by atoms with E-state index in [9.17, 15) is 0 Å². The second-order valence-electron chi connectivity index (χ2n) is 11.1. The summed E-state index contributed by atoms with van der Waals surface area (Å²) in [5.41, 5.74) is 4.29. The zero-order valence-electron chi connectivity index (χ0n) is 26.5. The third-order valence-corrected chi connectivity index (χ3v) is 12.3. The topological polar surface area (TPSA) is 26.4 Å². The van der Waals surface area contributed by atoms with Gasteiger partial charge in [0.25, 0.3) is 0 Å². The number of hydrogen-bond donors (Lipinski definition) is 0. The van der Waals surface area contributed by atoms with Gasteiger partial charge in [-0.15, -0.1) is 11.6 Å². The molecule has 4 aromatic rings. The quantitative estimate of drug-likeness (QED) is 0.119. The molecule has 0 amide bonds. The Kier molecular flexibility index (Phi) is 11.4. The summed E-state index contributed by atoms with van der Waals surface area (Å²) in [5.74, 6) is 1.44. The Morgan fingerprint density at radius 3 is 2.38 bits per heavy atom. The van der Waals surface area contributed by atoms with Gasteiger partial charge in [0.1, 0.15) is 13.7 Å². The first kappa shape index (κ1) is 34.9. The number of allylic oxidation sites excluding steroid dienone is 4. The highest BCUT2D eigenvalue weighted by atomic mass is 35.5. The van der Waals surface area contributed by atoms with Gasteiger partial charge in [-0.2, -0.15) is 4.58 Å². The van der Waals surface area contributed by atoms with Crippen LogP contribution in [0.4, 0.5) is 0 Å². The van der Waals surface area contributed by atoms with Crippen LogP contribution in [0.1, 0.15) is 18.2 Å². The number of aromatic nitrogens is 1. The lowest BCUT2D eigenvalue weighted by Gasteiger charge is -2.20. The van der Waals surface area contributed by atoms with E-state index in [0.29, 0.717) is 34.7 Å². The van der Waals surface area contributed by atoms with E-state index in [1.54, 1.807) is 36.7 Å². The molecule has 0 N–H and O–H groups in total. The number of halogens is 4. The predicted molar refractivity (Wildman–Crippen MR) is 205 cm³/mol. The number of benzene rings is 3. The second-order valence-corrected chi connectivity index (χ2v) is 15.0. The summed E-state index contributed by atoms with van der Waals surface area (Å²) in [7, 11) is 3.74. The van der Waals surface area contributed by atoms with Crippen LogP contribution >= 0.6 is 69.9 Å². The van der Waals surface area contributed by atoms with Crippen molar-refractivity contribution in [1.29, 1.82) is 0 Å². The van der Waals surface area contributed by atoms with E-state index in [-0.39, 0.29) is 11.3 Å². The van der Waals surface area contributed by atoms with E-state index in [4.69, 9.17) is 55.9 Å². The SMILES string of the molecule is COc1ccccc1OCCn1c(Sc2ccc(Cl)cc2Cl)ccc1C(=C1C=CC(SC2=C(Cl)C(C)C(Cl)C=C2)=[N+]1C)c1ccccc1. The highest BCUT2D eigenvalue weighted by Crippen LogP contribution is 2.41. The van der Waals surface area contributed by atoms with Crippen LogP contribution in [0.3, 0.4) is 0 Å². The van der Waals surface area contributed by atoms with Gasteiger partial charge in [0.2, 0.25) is 10.7 Å². The third kappa shape index (κ3) is 7.60. The number of hydrogen-bond acceptors (Lipinski definition) is 4. The van der Waals surface area contributed by atoms with Gasteiger partial charge < -0.3 is 14.0 Å². The highest BCUT2D eigenvalue weighted by molar-refractivity contribution is 8.17. The van der Waals surface area contributed by atoms with Crippen molar-refractivity contribution in [3.8, 4) is 11.5 Å². The summed E-state index contributed by atoms with van der Waals surface area (Å²) in [5, 5.41) is 3.95. The van der Waals surface area contributed by atoms with Gasteiger partial charge >= 0.3 is 0 Å². The standard InChI is InChI=1S/C38H33Cl4N2O2S2/c1-24-27(40)14-18-34(38(24)42)48-35-19-15-29(43(35)2)37(25-9-5-4-6-10-25)30-16-20-36(47-33-17-13-26(39)23-28(33)41)44(30)21-22-46-32-12-8-7-11-31(32)45-3/h4-20,23-24,27H,21-22H2,1-3H3/q+1. The summed E-state index contributed by atoms with van der Waals surface area (Å²) in [4.78, 5) is 1.92. The second kappa shape index (κ2) is 15.7. The van der Waals surface area contributed by atoms with Gasteiger partial charge in [-0.25, -0.2) is 0 Å². The Bertz CT molecular complexity index is 1980. The minimum absolute atomic E-state index is 0.0541. The van der Waals surface area contributed by atoms with Crippen molar-refractivity contribution in [2.75, 3.05) is 20.8 Å². The summed E-state index contributed by atoms with van der Waals surface area (Å²) in [6.07, 6.45) is 8.35. The molecule has 0 radical (unpaired) electrons. The summed E-state index contributed by atoms with van der Waals surface area (Å²) in [6, 6.07) is 28.0. The molecule has 1 aliphatic carbocycles. The fourth-order valence-electron chi connectivity index (χ4n) is 5.51. The Morgan fingerprint density at radius 2 is 1.62 bits per heavy atom. The van der Waals surface area contributed by atoms with Crippen LogP contribution in [-0.2, 0) is 6.54 Å². The minimum Gasteiger partial charge on any atom is -0.493 e. The number of likely N-dealkylation sites (N-methyl/N-ethyl adjacent to an activating group) is 1. The fourth-order valence-corrected chi connectivity index (χ4v) is 8.59. The lowest BCUT2D eigenvalue weighted by atomic mass is 10.00. The van der Waals surface area contributed by atoms with Crippen LogP contribution in [0.25, 0.3) is 5.57 Å². The van der Waals surface area contributed by atoms with E-state index >= 15 is 0 Å². The molecule has 10 heteroatoms. The highest BCUT2D eigenvalue weighted by Gasteiger charge is 2.30. The maximum absolute atomic E-state index is 6.78. The van der Waals surface area contributed by atoms with E-state index < -0.39 is 0 Å². The fraction of sp³-hybridized carbons (Fsp3) is 0.184. The lowest BCUT2D eigenvalue weighted by molar-refractivity contribution is -0.430. The van der Waals surface area contributed by atoms with E-state index in [1.807, 2.05) is 54.6 Å². The van der Waals surface area contributed by atoms with Gasteiger partial charge in [0.15, 0.2) is 11.5 Å². The largest absolute Gasteiger partial charge is 0.493 e. The molecule has 0 saturated carbocycles. The van der Waals surface area contributed by atoms with Gasteiger partial charge in [-0.3, -0.25) is 0 Å². The van der Waals surface area contributed by atoms with Crippen LogP contribution in [0.2, 0.25) is 10.0 Å². The van der Waals surface area contributed by atoms with Gasteiger partial charge in [0.05, 0.1) is 40.3 Å². The predicted octanol–water partition coefficient (Wildman–Crippen LogP) is 11.4. The maximum Gasteiger partial charge on any atom is 0.245 e. The van der Waals surface area contributed by atoms with Crippen molar-refractivity contribution in [3.63, 3.8) is 0 Å². The molecular formula is C38H33Cl4N2O2S2+. The minimum atomic E-state index is -0.113. The van der Waals surface area contributed by atoms with Crippen molar-refractivity contribution in [2.45, 2.75) is 28.8 Å². The average Bonchev–Trinajstić information content (AvgIpc) is 3.65. The molecule has 1 aliphatic heterocycles. The van der Waals surface area contributed by atoms with Crippen LogP contribution < -0.4 is 9.47 Å². The van der Waals surface area contributed by atoms with Crippen LogP contribution in [0, 0.1) is 5.92 Å². The first-order valence-electron chi connectivity index (χ1n) is 15.3. The molecule has 0 bridgehead atoms. The molecule has 4 nitrogen and oxygen atoms in total. The molecule has 2 heterocycles. The van der Waals surface area contributed by atoms with Gasteiger partial charge in [-0.05, 0) is 65.9 Å². The first-order valence-corrected chi connectivity index (χ1v) is 18.5. The monoisotopic (exact) mass is 753 g/mol. The Hall–Kier alpha value is -2.97. The lowest BCUT2D eigenvalue weighted by Crippen LogP contribution is -2.15. The smallest absolute Gasteiger partial charge is 0.245 e. The summed E-state index contributed by atoms with van der Waals surface area (Å²) in [6.45, 7) is 3.04. The van der Waals surface area contributed by atoms with Crippen LogP contribution in [0.15, 0.2) is 135 Å². The van der Waals surface area contributed by atoms with E-state index in [1.165, 1.54) is 0 Å². The van der Waals surface area contributed by atoms with Gasteiger partial charge in [-0.1, -0.05) is 102 Å². The number of ether oxygens (including phenoxy) is 2.